The lowest BCUT2D eigenvalue weighted by Crippen LogP contribution is -2.46. The van der Waals surface area contributed by atoms with Crippen molar-refractivity contribution in [2.24, 2.45) is 0 Å². The van der Waals surface area contributed by atoms with E-state index in [0.29, 0.717) is 36.8 Å². The van der Waals surface area contributed by atoms with E-state index in [0.717, 1.165) is 6.54 Å². The predicted octanol–water partition coefficient (Wildman–Crippen LogP) is 1.82. The Morgan fingerprint density at radius 1 is 1.60 bits per heavy atom. The van der Waals surface area contributed by atoms with Crippen LogP contribution in [-0.2, 0) is 16.1 Å². The van der Waals surface area contributed by atoms with E-state index in [2.05, 4.69) is 10.2 Å². The molecule has 110 valence electrons. The monoisotopic (exact) mass is 300 g/mol. The third-order valence-electron chi connectivity index (χ3n) is 3.21. The fourth-order valence-electron chi connectivity index (χ4n) is 2.20. The second kappa shape index (κ2) is 7.02. The Balaban J connectivity index is 1.90. The molecule has 1 N–H and O–H groups in total. The first-order valence-corrected chi connectivity index (χ1v) is 6.94. The molecule has 1 fully saturated rings. The molecule has 1 aromatic rings. The summed E-state index contributed by atoms with van der Waals surface area (Å²) in [6.45, 7) is 4.47. The van der Waals surface area contributed by atoms with E-state index in [1.54, 1.807) is 12.1 Å². The van der Waals surface area contributed by atoms with Gasteiger partial charge in [0.25, 0.3) is 0 Å². The van der Waals surface area contributed by atoms with Gasteiger partial charge in [-0.2, -0.15) is 0 Å². The van der Waals surface area contributed by atoms with Crippen LogP contribution >= 0.6 is 11.6 Å². The van der Waals surface area contributed by atoms with Crippen LogP contribution in [0.2, 0.25) is 5.02 Å². The number of ether oxygens (including phenoxy) is 1. The maximum absolute atomic E-state index is 13.8. The number of nitrogens with zero attached hydrogens (tertiary/aromatic N) is 1. The van der Waals surface area contributed by atoms with Crippen molar-refractivity contribution >= 4 is 17.5 Å². The highest BCUT2D eigenvalue weighted by atomic mass is 35.5. The molecule has 1 atom stereocenters. The Morgan fingerprint density at radius 3 is 3.10 bits per heavy atom. The lowest BCUT2D eigenvalue weighted by Gasteiger charge is -2.33. The number of morpholine rings is 1. The van der Waals surface area contributed by atoms with E-state index >= 15 is 0 Å². The molecule has 2 rings (SSSR count). The first-order valence-electron chi connectivity index (χ1n) is 6.57. The van der Waals surface area contributed by atoms with Gasteiger partial charge in [0.05, 0.1) is 12.7 Å². The average molecular weight is 301 g/mol. The van der Waals surface area contributed by atoms with Crippen LogP contribution in [0.4, 0.5) is 4.39 Å². The minimum Gasteiger partial charge on any atom is -0.374 e. The van der Waals surface area contributed by atoms with Gasteiger partial charge >= 0.3 is 0 Å². The van der Waals surface area contributed by atoms with Crippen molar-refractivity contribution in [1.29, 1.82) is 0 Å². The van der Waals surface area contributed by atoms with Crippen molar-refractivity contribution in [2.45, 2.75) is 19.6 Å². The molecule has 1 aliphatic heterocycles. The topological polar surface area (TPSA) is 41.6 Å². The maximum atomic E-state index is 13.8. The van der Waals surface area contributed by atoms with Crippen LogP contribution in [0.25, 0.3) is 0 Å². The number of rotatable bonds is 4. The van der Waals surface area contributed by atoms with Crippen LogP contribution in [0.15, 0.2) is 18.2 Å². The fraction of sp³-hybridized carbons (Fsp3) is 0.500. The van der Waals surface area contributed by atoms with Crippen LogP contribution in [0.1, 0.15) is 12.5 Å². The largest absolute Gasteiger partial charge is 0.374 e. The van der Waals surface area contributed by atoms with Gasteiger partial charge in [0.1, 0.15) is 5.82 Å². The summed E-state index contributed by atoms with van der Waals surface area (Å²) < 4.78 is 19.3. The molecule has 20 heavy (non-hydrogen) atoms. The Labute approximate surface area is 122 Å². The minimum atomic E-state index is -0.289. The lowest BCUT2D eigenvalue weighted by molar-refractivity contribution is -0.120. The molecule has 1 aliphatic rings. The summed E-state index contributed by atoms with van der Waals surface area (Å²) in [7, 11) is 0. The van der Waals surface area contributed by atoms with Crippen molar-refractivity contribution in [3.05, 3.63) is 34.6 Å². The molecule has 0 spiro atoms. The van der Waals surface area contributed by atoms with Gasteiger partial charge in [-0.25, -0.2) is 4.39 Å². The van der Waals surface area contributed by atoms with Gasteiger partial charge in [0.15, 0.2) is 0 Å². The maximum Gasteiger partial charge on any atom is 0.216 e. The molecular weight excluding hydrogens is 283 g/mol. The zero-order chi connectivity index (χ0) is 14.5. The molecule has 0 aliphatic carbocycles. The van der Waals surface area contributed by atoms with E-state index in [1.165, 1.54) is 13.0 Å². The highest BCUT2D eigenvalue weighted by Gasteiger charge is 2.21. The molecule has 0 unspecified atom stereocenters. The van der Waals surface area contributed by atoms with Crippen LogP contribution in [0.3, 0.4) is 0 Å². The van der Waals surface area contributed by atoms with Crippen LogP contribution in [-0.4, -0.2) is 43.2 Å². The number of hydrogen-bond acceptors (Lipinski definition) is 3. The third-order valence-corrected chi connectivity index (χ3v) is 3.45. The summed E-state index contributed by atoms with van der Waals surface area (Å²) in [5.41, 5.74) is 0.620. The Morgan fingerprint density at radius 2 is 2.40 bits per heavy atom. The number of benzene rings is 1. The summed E-state index contributed by atoms with van der Waals surface area (Å²) in [6, 6.07) is 4.72. The third kappa shape index (κ3) is 4.44. The SMILES string of the molecule is CC(=O)NC[C@@H]1CN(Cc2ccc(Cl)cc2F)CCO1. The quantitative estimate of drug-likeness (QED) is 0.922. The number of carbonyl (C=O) groups excluding carboxylic acids is 1. The standard InChI is InChI=1S/C14H18ClFN2O2/c1-10(19)17-7-13-9-18(4-5-20-13)8-11-2-3-12(15)6-14(11)16/h2-3,6,13H,4-5,7-9H2,1H3,(H,17,19)/t13-/m1/s1. The summed E-state index contributed by atoms with van der Waals surface area (Å²) in [6.07, 6.45) is -0.0528. The van der Waals surface area contributed by atoms with Gasteiger partial charge in [-0.1, -0.05) is 17.7 Å². The summed E-state index contributed by atoms with van der Waals surface area (Å²) in [5.74, 6) is -0.364. The van der Waals surface area contributed by atoms with E-state index in [4.69, 9.17) is 16.3 Å². The first-order chi connectivity index (χ1) is 9.54. The number of amides is 1. The highest BCUT2D eigenvalue weighted by molar-refractivity contribution is 6.30. The molecule has 0 saturated carbocycles. The van der Waals surface area contributed by atoms with E-state index < -0.39 is 0 Å². The number of hydrogen-bond donors (Lipinski definition) is 1. The molecule has 1 aromatic carbocycles. The van der Waals surface area contributed by atoms with Gasteiger partial charge in [0, 0.05) is 43.7 Å². The highest BCUT2D eigenvalue weighted by Crippen LogP contribution is 2.17. The first kappa shape index (κ1) is 15.2. The van der Waals surface area contributed by atoms with Gasteiger partial charge in [0.2, 0.25) is 5.91 Å². The Hall–Kier alpha value is -1.17. The second-order valence-electron chi connectivity index (χ2n) is 4.90. The van der Waals surface area contributed by atoms with E-state index in [9.17, 15) is 9.18 Å². The molecule has 1 amide bonds. The minimum absolute atomic E-state index is 0.0528. The summed E-state index contributed by atoms with van der Waals surface area (Å²) >= 11 is 5.74. The second-order valence-corrected chi connectivity index (χ2v) is 5.34. The summed E-state index contributed by atoms with van der Waals surface area (Å²) in [4.78, 5) is 13.0. The molecule has 6 heteroatoms. The van der Waals surface area contributed by atoms with Crippen molar-refractivity contribution in [1.82, 2.24) is 10.2 Å². The van der Waals surface area contributed by atoms with Crippen LogP contribution in [0.5, 0.6) is 0 Å². The normalized spacial score (nSPS) is 19.9. The van der Waals surface area contributed by atoms with Gasteiger partial charge in [-0.3, -0.25) is 9.69 Å². The number of carbonyl (C=O) groups is 1. The molecule has 4 nitrogen and oxygen atoms in total. The Kier molecular flexibility index (Phi) is 5.34. The number of halogens is 2. The lowest BCUT2D eigenvalue weighted by atomic mass is 10.1. The average Bonchev–Trinajstić information content (AvgIpc) is 2.40. The molecule has 0 bridgehead atoms. The van der Waals surface area contributed by atoms with Crippen molar-refractivity contribution < 1.29 is 13.9 Å². The predicted molar refractivity (Wildman–Crippen MR) is 75.1 cm³/mol. The van der Waals surface area contributed by atoms with Gasteiger partial charge in [-0.05, 0) is 12.1 Å². The smallest absolute Gasteiger partial charge is 0.216 e. The molecular formula is C14H18ClFN2O2. The van der Waals surface area contributed by atoms with Crippen molar-refractivity contribution in [2.75, 3.05) is 26.2 Å². The fourth-order valence-corrected chi connectivity index (χ4v) is 2.35. The van der Waals surface area contributed by atoms with Gasteiger partial charge < -0.3 is 10.1 Å². The Bertz CT molecular complexity index is 484. The van der Waals surface area contributed by atoms with E-state index in [1.807, 2.05) is 0 Å². The van der Waals surface area contributed by atoms with E-state index in [-0.39, 0.29) is 17.8 Å². The molecule has 0 radical (unpaired) electrons. The molecule has 1 heterocycles. The van der Waals surface area contributed by atoms with Gasteiger partial charge in [-0.15, -0.1) is 0 Å². The summed E-state index contributed by atoms with van der Waals surface area (Å²) in [5, 5.41) is 3.14. The zero-order valence-electron chi connectivity index (χ0n) is 11.4. The molecule has 0 aromatic heterocycles. The van der Waals surface area contributed by atoms with Crippen LogP contribution < -0.4 is 5.32 Å². The zero-order valence-corrected chi connectivity index (χ0v) is 12.1. The van der Waals surface area contributed by atoms with Crippen molar-refractivity contribution in [3.8, 4) is 0 Å². The van der Waals surface area contributed by atoms with Crippen molar-refractivity contribution in [3.63, 3.8) is 0 Å². The van der Waals surface area contributed by atoms with Crippen LogP contribution in [0, 0.1) is 5.82 Å². The molecule has 1 saturated heterocycles. The number of nitrogens with one attached hydrogen (secondary N) is 1.